The van der Waals surface area contributed by atoms with Crippen LogP contribution in [0.3, 0.4) is 0 Å². The summed E-state index contributed by atoms with van der Waals surface area (Å²) in [5.41, 5.74) is 2.89. The molecule has 1 aromatic heterocycles. The van der Waals surface area contributed by atoms with Gasteiger partial charge in [0.15, 0.2) is 5.96 Å². The van der Waals surface area contributed by atoms with Crippen molar-refractivity contribution in [2.75, 3.05) is 26.7 Å². The van der Waals surface area contributed by atoms with Crippen molar-refractivity contribution in [1.82, 2.24) is 25.7 Å². The van der Waals surface area contributed by atoms with Crippen molar-refractivity contribution in [2.24, 2.45) is 4.99 Å². The first-order chi connectivity index (χ1) is 15.1. The lowest BCUT2D eigenvalue weighted by Gasteiger charge is -2.12. The highest BCUT2D eigenvalue weighted by atomic mass is 19.1. The summed E-state index contributed by atoms with van der Waals surface area (Å²) in [6.07, 6.45) is 4.68. The quantitative estimate of drug-likeness (QED) is 0.280. The maximum absolute atomic E-state index is 13.2. The van der Waals surface area contributed by atoms with Crippen molar-refractivity contribution in [1.29, 1.82) is 0 Å². The van der Waals surface area contributed by atoms with Gasteiger partial charge in [0.2, 0.25) is 5.91 Å². The Hall–Kier alpha value is -3.68. The fourth-order valence-corrected chi connectivity index (χ4v) is 3.06. The van der Waals surface area contributed by atoms with Gasteiger partial charge < -0.3 is 16.0 Å². The van der Waals surface area contributed by atoms with Crippen LogP contribution in [0.15, 0.2) is 72.0 Å². The first-order valence-electron chi connectivity index (χ1n) is 10.2. The highest BCUT2D eigenvalue weighted by molar-refractivity contribution is 5.80. The average molecular weight is 423 g/mol. The van der Waals surface area contributed by atoms with E-state index in [1.165, 1.54) is 17.7 Å². The van der Waals surface area contributed by atoms with Crippen LogP contribution in [0.2, 0.25) is 0 Å². The van der Waals surface area contributed by atoms with E-state index in [0.29, 0.717) is 24.6 Å². The van der Waals surface area contributed by atoms with E-state index >= 15 is 0 Å². The number of hydrogen-bond acceptors (Lipinski definition) is 3. The molecule has 1 heterocycles. The zero-order valence-corrected chi connectivity index (χ0v) is 17.5. The number of nitrogens with zero attached hydrogens (tertiary/aromatic N) is 3. The van der Waals surface area contributed by atoms with Crippen molar-refractivity contribution in [2.45, 2.75) is 12.8 Å². The first-order valence-corrected chi connectivity index (χ1v) is 10.2. The summed E-state index contributed by atoms with van der Waals surface area (Å²) in [7, 11) is 1.71. The molecule has 0 aliphatic rings. The van der Waals surface area contributed by atoms with Gasteiger partial charge in [0, 0.05) is 39.1 Å². The Balaban J connectivity index is 1.32. The molecule has 0 fully saturated rings. The Bertz CT molecular complexity index is 986. The summed E-state index contributed by atoms with van der Waals surface area (Å²) in [4.78, 5) is 16.1. The number of guanidine groups is 1. The zero-order chi connectivity index (χ0) is 21.9. The Kier molecular flexibility index (Phi) is 8.16. The summed E-state index contributed by atoms with van der Waals surface area (Å²) in [6.45, 7) is 1.71. The van der Waals surface area contributed by atoms with Crippen molar-refractivity contribution in [3.8, 4) is 5.69 Å². The zero-order valence-electron chi connectivity index (χ0n) is 17.5. The number of hydrogen-bond donors (Lipinski definition) is 3. The van der Waals surface area contributed by atoms with Gasteiger partial charge in [-0.2, -0.15) is 5.10 Å². The minimum absolute atomic E-state index is 0.145. The van der Waals surface area contributed by atoms with E-state index in [1.54, 1.807) is 25.4 Å². The predicted molar refractivity (Wildman–Crippen MR) is 120 cm³/mol. The highest BCUT2D eigenvalue weighted by Gasteiger charge is 2.04. The van der Waals surface area contributed by atoms with Crippen LogP contribution in [0, 0.1) is 5.82 Å². The summed E-state index contributed by atoms with van der Waals surface area (Å²) in [6, 6.07) is 16.2. The van der Waals surface area contributed by atoms with Crippen molar-refractivity contribution < 1.29 is 9.18 Å². The number of benzene rings is 2. The molecule has 0 unspecified atom stereocenters. The molecule has 3 aromatic rings. The van der Waals surface area contributed by atoms with Crippen LogP contribution in [-0.2, 0) is 17.6 Å². The molecule has 1 amide bonds. The largest absolute Gasteiger partial charge is 0.356 e. The monoisotopic (exact) mass is 422 g/mol. The Morgan fingerprint density at radius 2 is 1.77 bits per heavy atom. The molecule has 0 saturated heterocycles. The molecule has 0 spiro atoms. The van der Waals surface area contributed by atoms with E-state index in [0.717, 1.165) is 18.7 Å². The molecule has 0 aliphatic carbocycles. The SMILES string of the molecule is CN=C(NCCNC(=O)Cc1cccc(F)c1)NCCc1ccc(-n2cccn2)cc1. The molecule has 3 rings (SSSR count). The molecule has 162 valence electrons. The molecule has 8 heteroatoms. The van der Waals surface area contributed by atoms with Crippen molar-refractivity contribution >= 4 is 11.9 Å². The molecule has 0 aliphatic heterocycles. The molecular weight excluding hydrogens is 395 g/mol. The Labute approximate surface area is 181 Å². The second kappa shape index (κ2) is 11.5. The third kappa shape index (κ3) is 7.26. The topological polar surface area (TPSA) is 83.3 Å². The van der Waals surface area contributed by atoms with Gasteiger partial charge in [-0.25, -0.2) is 9.07 Å². The van der Waals surface area contributed by atoms with Crippen LogP contribution in [0.1, 0.15) is 11.1 Å². The van der Waals surface area contributed by atoms with Gasteiger partial charge in [-0.15, -0.1) is 0 Å². The van der Waals surface area contributed by atoms with Crippen molar-refractivity contribution in [3.05, 3.63) is 83.9 Å². The van der Waals surface area contributed by atoms with E-state index < -0.39 is 0 Å². The van der Waals surface area contributed by atoms with E-state index in [2.05, 4.69) is 38.2 Å². The normalized spacial score (nSPS) is 11.2. The second-order valence-corrected chi connectivity index (χ2v) is 6.95. The molecular formula is C23H27FN6O. The lowest BCUT2D eigenvalue weighted by molar-refractivity contribution is -0.120. The maximum atomic E-state index is 13.2. The van der Waals surface area contributed by atoms with E-state index in [9.17, 15) is 9.18 Å². The molecule has 2 aromatic carbocycles. The van der Waals surface area contributed by atoms with Crippen LogP contribution >= 0.6 is 0 Å². The van der Waals surface area contributed by atoms with E-state index in [-0.39, 0.29) is 18.1 Å². The van der Waals surface area contributed by atoms with Gasteiger partial charge in [-0.1, -0.05) is 24.3 Å². The summed E-state index contributed by atoms with van der Waals surface area (Å²) in [5, 5.41) is 13.5. The van der Waals surface area contributed by atoms with Crippen LogP contribution < -0.4 is 16.0 Å². The summed E-state index contributed by atoms with van der Waals surface area (Å²) >= 11 is 0. The number of aliphatic imine (C=N–C) groups is 1. The smallest absolute Gasteiger partial charge is 0.224 e. The van der Waals surface area contributed by atoms with Gasteiger partial charge in [0.25, 0.3) is 0 Å². The minimum Gasteiger partial charge on any atom is -0.356 e. The number of amides is 1. The number of carbonyl (C=O) groups is 1. The van der Waals surface area contributed by atoms with Crippen LogP contribution in [-0.4, -0.2) is 48.3 Å². The molecule has 0 bridgehead atoms. The number of nitrogens with one attached hydrogen (secondary N) is 3. The molecule has 0 radical (unpaired) electrons. The van der Waals surface area contributed by atoms with Crippen LogP contribution in [0.25, 0.3) is 5.69 Å². The standard InChI is InChI=1S/C23H27FN6O/c1-25-23(28-14-13-26-22(31)17-19-4-2-5-20(24)16-19)27-12-10-18-6-8-21(9-7-18)30-15-3-11-29-30/h2-9,11,15-16H,10,12-14,17H2,1H3,(H,26,31)(H2,25,27,28). The molecule has 3 N–H and O–H groups in total. The Morgan fingerprint density at radius 1 is 1.00 bits per heavy atom. The third-order valence-electron chi connectivity index (χ3n) is 4.63. The average Bonchev–Trinajstić information content (AvgIpc) is 3.31. The molecule has 0 saturated carbocycles. The fraction of sp³-hybridized carbons (Fsp3) is 0.261. The van der Waals surface area contributed by atoms with Crippen LogP contribution in [0.5, 0.6) is 0 Å². The molecule has 0 atom stereocenters. The molecule has 7 nitrogen and oxygen atoms in total. The van der Waals surface area contributed by atoms with Gasteiger partial charge >= 0.3 is 0 Å². The minimum atomic E-state index is -0.337. The van der Waals surface area contributed by atoms with E-state index in [1.807, 2.05) is 29.1 Å². The summed E-state index contributed by atoms with van der Waals surface area (Å²) < 4.78 is 15.0. The maximum Gasteiger partial charge on any atom is 0.224 e. The van der Waals surface area contributed by atoms with E-state index in [4.69, 9.17) is 0 Å². The lowest BCUT2D eigenvalue weighted by atomic mass is 10.1. The second-order valence-electron chi connectivity index (χ2n) is 6.95. The highest BCUT2D eigenvalue weighted by Crippen LogP contribution is 2.08. The number of carbonyl (C=O) groups excluding carboxylic acids is 1. The van der Waals surface area contributed by atoms with Gasteiger partial charge in [-0.3, -0.25) is 9.79 Å². The summed E-state index contributed by atoms with van der Waals surface area (Å²) in [5.74, 6) is 0.192. The first kappa shape index (κ1) is 22.0. The number of rotatable bonds is 9. The fourth-order valence-electron chi connectivity index (χ4n) is 3.06. The van der Waals surface area contributed by atoms with Crippen LogP contribution in [0.4, 0.5) is 4.39 Å². The van der Waals surface area contributed by atoms with Gasteiger partial charge in [0.1, 0.15) is 5.82 Å². The number of aromatic nitrogens is 2. The van der Waals surface area contributed by atoms with Crippen molar-refractivity contribution in [3.63, 3.8) is 0 Å². The Morgan fingerprint density at radius 3 is 2.48 bits per heavy atom. The molecule has 31 heavy (non-hydrogen) atoms. The predicted octanol–water partition coefficient (Wildman–Crippen LogP) is 2.08. The number of halogens is 1. The lowest BCUT2D eigenvalue weighted by Crippen LogP contribution is -2.42. The van der Waals surface area contributed by atoms with Gasteiger partial charge in [-0.05, 0) is 47.9 Å². The van der Waals surface area contributed by atoms with Gasteiger partial charge in [0.05, 0.1) is 12.1 Å². The third-order valence-corrected chi connectivity index (χ3v) is 4.63.